The van der Waals surface area contributed by atoms with Crippen molar-refractivity contribution in [2.24, 2.45) is 11.1 Å². The number of hydrogen-bond acceptors (Lipinski definition) is 4. The van der Waals surface area contributed by atoms with Gasteiger partial charge in [0.2, 0.25) is 5.91 Å². The Morgan fingerprint density at radius 3 is 2.44 bits per heavy atom. The molecule has 1 rings (SSSR count). The Hall–Kier alpha value is -1.34. The van der Waals surface area contributed by atoms with Crippen LogP contribution in [0.25, 0.3) is 0 Å². The van der Waals surface area contributed by atoms with Gasteiger partial charge in [-0.05, 0) is 25.9 Å². The van der Waals surface area contributed by atoms with Crippen LogP contribution in [0.3, 0.4) is 0 Å². The summed E-state index contributed by atoms with van der Waals surface area (Å²) < 4.78 is 5.17. The quantitative estimate of drug-likeness (QED) is 0.448. The molecule has 0 aromatic heterocycles. The highest BCUT2D eigenvalue weighted by molar-refractivity contribution is 5.83. The van der Waals surface area contributed by atoms with Crippen LogP contribution in [0.15, 0.2) is 0 Å². The first-order valence-corrected chi connectivity index (χ1v) is 6.12. The molecule has 1 saturated heterocycles. The monoisotopic (exact) mass is 258 g/mol. The van der Waals surface area contributed by atoms with Gasteiger partial charge in [-0.15, -0.1) is 0 Å². The molecule has 0 radical (unpaired) electrons. The number of rotatable bonds is 6. The molecule has 104 valence electrons. The van der Waals surface area contributed by atoms with Gasteiger partial charge < -0.3 is 26.4 Å². The second kappa shape index (κ2) is 7.17. The van der Waals surface area contributed by atoms with Crippen molar-refractivity contribution in [3.05, 3.63) is 0 Å². The molecule has 18 heavy (non-hydrogen) atoms. The average molecular weight is 258 g/mol. The summed E-state index contributed by atoms with van der Waals surface area (Å²) in [5.41, 5.74) is 4.48. The number of hydrogen-bond donors (Lipinski definition) is 4. The third-order valence-electron chi connectivity index (χ3n) is 3.17. The van der Waals surface area contributed by atoms with E-state index >= 15 is 0 Å². The van der Waals surface area contributed by atoms with Gasteiger partial charge in [-0.3, -0.25) is 4.79 Å². The molecule has 0 bridgehead atoms. The maximum atomic E-state index is 12.2. The van der Waals surface area contributed by atoms with Crippen LogP contribution in [0.5, 0.6) is 0 Å². The largest absolute Gasteiger partial charge is 0.384 e. The molecule has 0 spiro atoms. The van der Waals surface area contributed by atoms with Crippen LogP contribution >= 0.6 is 0 Å². The van der Waals surface area contributed by atoms with Crippen molar-refractivity contribution in [3.8, 4) is 0 Å². The fourth-order valence-corrected chi connectivity index (χ4v) is 2.17. The highest BCUT2D eigenvalue weighted by atomic mass is 16.5. The average Bonchev–Trinajstić information content (AvgIpc) is 2.35. The SMILES string of the molecule is COCC1(C(=O)NCCNC(N)=O)CCNCC1. The van der Waals surface area contributed by atoms with Crippen molar-refractivity contribution < 1.29 is 14.3 Å². The zero-order valence-corrected chi connectivity index (χ0v) is 10.8. The number of ether oxygens (including phenoxy) is 1. The Morgan fingerprint density at radius 1 is 1.28 bits per heavy atom. The van der Waals surface area contributed by atoms with E-state index in [9.17, 15) is 9.59 Å². The Morgan fingerprint density at radius 2 is 1.89 bits per heavy atom. The van der Waals surface area contributed by atoms with Gasteiger partial charge in [0.05, 0.1) is 12.0 Å². The van der Waals surface area contributed by atoms with Crippen LogP contribution in [-0.4, -0.2) is 51.8 Å². The fourth-order valence-electron chi connectivity index (χ4n) is 2.17. The van der Waals surface area contributed by atoms with Gasteiger partial charge in [-0.1, -0.05) is 0 Å². The highest BCUT2D eigenvalue weighted by Gasteiger charge is 2.39. The van der Waals surface area contributed by atoms with E-state index in [1.165, 1.54) is 0 Å². The molecule has 3 amide bonds. The molecule has 7 heteroatoms. The van der Waals surface area contributed by atoms with Crippen LogP contribution in [-0.2, 0) is 9.53 Å². The van der Waals surface area contributed by atoms with Crippen molar-refractivity contribution in [2.75, 3.05) is 39.9 Å². The number of piperidine rings is 1. The van der Waals surface area contributed by atoms with E-state index in [1.54, 1.807) is 7.11 Å². The van der Waals surface area contributed by atoms with E-state index in [-0.39, 0.29) is 5.91 Å². The Labute approximate surface area is 107 Å². The van der Waals surface area contributed by atoms with Gasteiger partial charge in [-0.2, -0.15) is 0 Å². The van der Waals surface area contributed by atoms with Crippen molar-refractivity contribution in [1.29, 1.82) is 0 Å². The second-order valence-electron chi connectivity index (χ2n) is 4.51. The minimum Gasteiger partial charge on any atom is -0.384 e. The normalized spacial score (nSPS) is 18.1. The van der Waals surface area contributed by atoms with E-state index in [0.29, 0.717) is 19.7 Å². The lowest BCUT2D eigenvalue weighted by Crippen LogP contribution is -2.51. The highest BCUT2D eigenvalue weighted by Crippen LogP contribution is 2.29. The molecule has 7 nitrogen and oxygen atoms in total. The van der Waals surface area contributed by atoms with E-state index in [0.717, 1.165) is 25.9 Å². The summed E-state index contributed by atoms with van der Waals surface area (Å²) in [6.07, 6.45) is 1.52. The second-order valence-corrected chi connectivity index (χ2v) is 4.51. The minimum absolute atomic E-state index is 0.0166. The topological polar surface area (TPSA) is 105 Å². The Balaban J connectivity index is 2.42. The summed E-state index contributed by atoms with van der Waals surface area (Å²) >= 11 is 0. The van der Waals surface area contributed by atoms with E-state index in [2.05, 4.69) is 16.0 Å². The van der Waals surface area contributed by atoms with Crippen molar-refractivity contribution in [1.82, 2.24) is 16.0 Å². The molecule has 0 aromatic rings. The van der Waals surface area contributed by atoms with Crippen LogP contribution < -0.4 is 21.7 Å². The number of carbonyl (C=O) groups is 2. The summed E-state index contributed by atoms with van der Waals surface area (Å²) in [5.74, 6) is -0.0166. The van der Waals surface area contributed by atoms with Crippen LogP contribution in [0.2, 0.25) is 0 Å². The van der Waals surface area contributed by atoms with Gasteiger partial charge >= 0.3 is 6.03 Å². The summed E-state index contributed by atoms with van der Waals surface area (Å²) in [4.78, 5) is 22.7. The summed E-state index contributed by atoms with van der Waals surface area (Å²) in [5, 5.41) is 8.47. The predicted molar refractivity (Wildman–Crippen MR) is 67.0 cm³/mol. The molecule has 1 aliphatic heterocycles. The summed E-state index contributed by atoms with van der Waals surface area (Å²) in [7, 11) is 1.60. The lowest BCUT2D eigenvalue weighted by molar-refractivity contribution is -0.136. The van der Waals surface area contributed by atoms with Crippen LogP contribution in [0.4, 0.5) is 4.79 Å². The number of carbonyl (C=O) groups excluding carboxylic acids is 2. The van der Waals surface area contributed by atoms with Gasteiger partial charge in [-0.25, -0.2) is 4.79 Å². The molecular weight excluding hydrogens is 236 g/mol. The molecule has 1 aliphatic rings. The van der Waals surface area contributed by atoms with Gasteiger partial charge in [0.25, 0.3) is 0 Å². The number of nitrogens with two attached hydrogens (primary N) is 1. The Bertz CT molecular complexity index is 285. The number of primary amides is 1. The van der Waals surface area contributed by atoms with Crippen LogP contribution in [0.1, 0.15) is 12.8 Å². The molecule has 0 aliphatic carbocycles. The minimum atomic E-state index is -0.585. The molecule has 0 unspecified atom stereocenters. The van der Waals surface area contributed by atoms with E-state index in [1.807, 2.05) is 0 Å². The molecular formula is C11H22N4O3. The predicted octanol–water partition coefficient (Wildman–Crippen LogP) is -1.21. The smallest absolute Gasteiger partial charge is 0.312 e. The number of urea groups is 1. The standard InChI is InChI=1S/C11H22N4O3/c1-18-8-11(2-4-13-5-3-11)9(16)14-6-7-15-10(12)17/h13H,2-8H2,1H3,(H,14,16)(H3,12,15,17). The molecule has 5 N–H and O–H groups in total. The number of methoxy groups -OCH3 is 1. The van der Waals surface area contributed by atoms with E-state index < -0.39 is 11.4 Å². The fraction of sp³-hybridized carbons (Fsp3) is 0.818. The lowest BCUT2D eigenvalue weighted by atomic mass is 9.78. The van der Waals surface area contributed by atoms with Crippen molar-refractivity contribution >= 4 is 11.9 Å². The first kappa shape index (κ1) is 14.7. The van der Waals surface area contributed by atoms with Crippen molar-refractivity contribution in [3.63, 3.8) is 0 Å². The van der Waals surface area contributed by atoms with Crippen molar-refractivity contribution in [2.45, 2.75) is 12.8 Å². The molecule has 1 heterocycles. The first-order valence-electron chi connectivity index (χ1n) is 6.12. The summed E-state index contributed by atoms with van der Waals surface area (Å²) in [6, 6.07) is -0.585. The number of nitrogens with one attached hydrogen (secondary N) is 3. The van der Waals surface area contributed by atoms with Gasteiger partial charge in [0.15, 0.2) is 0 Å². The molecule has 0 atom stereocenters. The van der Waals surface area contributed by atoms with Crippen LogP contribution in [0, 0.1) is 5.41 Å². The third-order valence-corrected chi connectivity index (χ3v) is 3.17. The first-order chi connectivity index (χ1) is 8.60. The molecule has 0 saturated carbocycles. The Kier molecular flexibility index (Phi) is 5.87. The van der Waals surface area contributed by atoms with Gasteiger partial charge in [0, 0.05) is 20.2 Å². The van der Waals surface area contributed by atoms with E-state index in [4.69, 9.17) is 10.5 Å². The zero-order chi connectivity index (χ0) is 13.4. The zero-order valence-electron chi connectivity index (χ0n) is 10.8. The summed E-state index contributed by atoms with van der Waals surface area (Å²) in [6.45, 7) is 2.76. The van der Waals surface area contributed by atoms with Gasteiger partial charge in [0.1, 0.15) is 0 Å². The number of amides is 3. The maximum Gasteiger partial charge on any atom is 0.312 e. The molecule has 0 aromatic carbocycles. The maximum absolute atomic E-state index is 12.2. The molecule has 1 fully saturated rings. The third kappa shape index (κ3) is 4.15. The lowest BCUT2D eigenvalue weighted by Gasteiger charge is -2.35.